The minimum atomic E-state index is -1.07. The van der Waals surface area contributed by atoms with Crippen molar-refractivity contribution in [3.05, 3.63) is 71.8 Å². The number of esters is 1. The third kappa shape index (κ3) is 13.1. The first-order valence-electron chi connectivity index (χ1n) is 14.4. The molecular weight excluding hydrogens is 541 g/mol. The highest BCUT2D eigenvalue weighted by atomic mass is 19.1. The van der Waals surface area contributed by atoms with Gasteiger partial charge in [-0.1, -0.05) is 73.5 Å². The number of halogens is 1. The summed E-state index contributed by atoms with van der Waals surface area (Å²) in [6.07, 6.45) is 1.24. The predicted octanol–water partition coefficient (Wildman–Crippen LogP) is 4.43. The molecule has 0 aliphatic heterocycles. The van der Waals surface area contributed by atoms with Gasteiger partial charge in [0.15, 0.2) is 0 Å². The van der Waals surface area contributed by atoms with Crippen molar-refractivity contribution < 1.29 is 33.0 Å². The van der Waals surface area contributed by atoms with E-state index in [0.29, 0.717) is 19.3 Å². The summed E-state index contributed by atoms with van der Waals surface area (Å²) in [5, 5.41) is 8.15. The van der Waals surface area contributed by atoms with Crippen LogP contribution in [0.4, 0.5) is 9.18 Å². The van der Waals surface area contributed by atoms with Crippen molar-refractivity contribution in [2.75, 3.05) is 13.3 Å². The number of unbranched alkanes of at least 4 members (excludes halogenated alkanes) is 2. The second-order valence-electron chi connectivity index (χ2n) is 11.0. The average molecular weight is 586 g/mol. The van der Waals surface area contributed by atoms with Crippen molar-refractivity contribution in [1.29, 1.82) is 0 Å². The third-order valence-electron chi connectivity index (χ3n) is 6.22. The minimum absolute atomic E-state index is 0.136. The van der Waals surface area contributed by atoms with Crippen molar-refractivity contribution in [2.45, 2.75) is 89.9 Å². The van der Waals surface area contributed by atoms with Gasteiger partial charge in [0.1, 0.15) is 23.7 Å². The molecule has 2 aromatic rings. The van der Waals surface area contributed by atoms with E-state index in [-0.39, 0.29) is 25.9 Å². The zero-order chi connectivity index (χ0) is 31.0. The fourth-order valence-corrected chi connectivity index (χ4v) is 4.22. The van der Waals surface area contributed by atoms with Crippen molar-refractivity contribution in [3.8, 4) is 0 Å². The van der Waals surface area contributed by atoms with Gasteiger partial charge < -0.3 is 25.4 Å². The summed E-state index contributed by atoms with van der Waals surface area (Å²) in [5.74, 6) is -1.76. The number of amides is 3. The molecule has 42 heavy (non-hydrogen) atoms. The van der Waals surface area contributed by atoms with E-state index < -0.39 is 54.3 Å². The Balaban J connectivity index is 2.28. The number of ether oxygens (including phenoxy) is 2. The number of rotatable bonds is 16. The summed E-state index contributed by atoms with van der Waals surface area (Å²) < 4.78 is 23.1. The summed E-state index contributed by atoms with van der Waals surface area (Å²) in [5.41, 5.74) is 0.807. The van der Waals surface area contributed by atoms with E-state index in [2.05, 4.69) is 16.0 Å². The van der Waals surface area contributed by atoms with Gasteiger partial charge in [0.2, 0.25) is 11.8 Å². The van der Waals surface area contributed by atoms with Crippen LogP contribution in [0.5, 0.6) is 0 Å². The summed E-state index contributed by atoms with van der Waals surface area (Å²) in [6.45, 7) is 6.51. The van der Waals surface area contributed by atoms with Crippen LogP contribution in [0, 0.1) is 0 Å². The SMILES string of the molecule is CCOC(=O)C(CCCCCF)NC(=O)[C@@H](Cc1ccccc1)NC(=O)[C@@H](Cc1ccccc1)NC(=O)OC(C)(C)C. The Hall–Kier alpha value is -3.95. The quantitative estimate of drug-likeness (QED) is 0.198. The Labute approximate surface area is 247 Å². The maximum atomic E-state index is 13.6. The molecule has 3 atom stereocenters. The number of alkyl carbamates (subject to hydrolysis) is 1. The molecule has 0 aliphatic carbocycles. The molecule has 0 spiro atoms. The molecule has 1 unspecified atom stereocenters. The van der Waals surface area contributed by atoms with Gasteiger partial charge in [-0.05, 0) is 51.7 Å². The molecule has 10 heteroatoms. The number of benzene rings is 2. The standard InChI is InChI=1S/C32H44FN3O6/c1-5-41-30(39)25(19-13-8-14-20-33)34-28(37)26(21-23-15-9-6-10-16-23)35-29(38)27(22-24-17-11-7-12-18-24)36-31(40)42-32(2,3)4/h6-7,9-12,15-18,25-27H,5,8,13-14,19-22H2,1-4H3,(H,34,37)(H,35,38)(H,36,40)/t25?,26-,27-/m1/s1. The van der Waals surface area contributed by atoms with Crippen molar-refractivity contribution >= 4 is 23.9 Å². The molecule has 3 N–H and O–H groups in total. The molecule has 0 bridgehead atoms. The second-order valence-corrected chi connectivity index (χ2v) is 11.0. The average Bonchev–Trinajstić information content (AvgIpc) is 2.94. The fourth-order valence-electron chi connectivity index (χ4n) is 4.22. The Morgan fingerprint density at radius 1 is 0.738 bits per heavy atom. The van der Waals surface area contributed by atoms with Crippen molar-refractivity contribution in [2.24, 2.45) is 0 Å². The van der Waals surface area contributed by atoms with Crippen molar-refractivity contribution in [1.82, 2.24) is 16.0 Å². The van der Waals surface area contributed by atoms with E-state index in [1.54, 1.807) is 27.7 Å². The maximum absolute atomic E-state index is 13.6. The predicted molar refractivity (Wildman–Crippen MR) is 158 cm³/mol. The van der Waals surface area contributed by atoms with E-state index in [0.717, 1.165) is 11.1 Å². The lowest BCUT2D eigenvalue weighted by Crippen LogP contribution is -2.57. The molecule has 2 aromatic carbocycles. The largest absolute Gasteiger partial charge is 0.464 e. The van der Waals surface area contributed by atoms with Crippen LogP contribution in [0.15, 0.2) is 60.7 Å². The molecule has 2 rings (SSSR count). The van der Waals surface area contributed by atoms with Crippen LogP contribution in [-0.4, -0.2) is 60.9 Å². The summed E-state index contributed by atoms with van der Waals surface area (Å²) in [6, 6.07) is 15.2. The molecule has 3 amide bonds. The number of hydrogen-bond donors (Lipinski definition) is 3. The molecule has 230 valence electrons. The lowest BCUT2D eigenvalue weighted by molar-refractivity contribution is -0.148. The van der Waals surface area contributed by atoms with E-state index in [4.69, 9.17) is 9.47 Å². The highest BCUT2D eigenvalue weighted by Crippen LogP contribution is 2.11. The molecule has 0 saturated carbocycles. The molecule has 0 saturated heterocycles. The molecule has 0 aliphatic rings. The van der Waals surface area contributed by atoms with Crippen LogP contribution < -0.4 is 16.0 Å². The van der Waals surface area contributed by atoms with Crippen LogP contribution in [-0.2, 0) is 36.7 Å². The Bertz CT molecular complexity index is 1120. The van der Waals surface area contributed by atoms with Crippen LogP contribution in [0.2, 0.25) is 0 Å². The number of carbonyl (C=O) groups excluding carboxylic acids is 4. The van der Waals surface area contributed by atoms with E-state index in [1.165, 1.54) is 0 Å². The molecular formula is C32H44FN3O6. The van der Waals surface area contributed by atoms with Crippen LogP contribution in [0.25, 0.3) is 0 Å². The van der Waals surface area contributed by atoms with E-state index in [1.807, 2.05) is 60.7 Å². The number of alkyl halides is 1. The second kappa shape index (κ2) is 17.8. The number of nitrogens with one attached hydrogen (secondary N) is 3. The van der Waals surface area contributed by atoms with Crippen molar-refractivity contribution in [3.63, 3.8) is 0 Å². The Morgan fingerprint density at radius 3 is 1.71 bits per heavy atom. The molecule has 0 fully saturated rings. The van der Waals surface area contributed by atoms with Crippen LogP contribution >= 0.6 is 0 Å². The van der Waals surface area contributed by atoms with Crippen LogP contribution in [0.3, 0.4) is 0 Å². The van der Waals surface area contributed by atoms with E-state index in [9.17, 15) is 23.6 Å². The van der Waals surface area contributed by atoms with Gasteiger partial charge in [-0.15, -0.1) is 0 Å². The number of carbonyl (C=O) groups is 4. The first-order valence-corrected chi connectivity index (χ1v) is 14.4. The zero-order valence-electron chi connectivity index (χ0n) is 25.0. The summed E-state index contributed by atoms with van der Waals surface area (Å²) in [7, 11) is 0. The first-order chi connectivity index (χ1) is 20.0. The van der Waals surface area contributed by atoms with Gasteiger partial charge in [0.05, 0.1) is 13.3 Å². The fraction of sp³-hybridized carbons (Fsp3) is 0.500. The van der Waals surface area contributed by atoms with Gasteiger partial charge >= 0.3 is 12.1 Å². The first kappa shape index (κ1) is 34.3. The highest BCUT2D eigenvalue weighted by Gasteiger charge is 2.31. The normalized spacial score (nSPS) is 13.3. The topological polar surface area (TPSA) is 123 Å². The highest BCUT2D eigenvalue weighted by molar-refractivity contribution is 5.93. The Kier molecular flexibility index (Phi) is 14.5. The lowest BCUT2D eigenvalue weighted by atomic mass is 10.0. The number of hydrogen-bond acceptors (Lipinski definition) is 6. The van der Waals surface area contributed by atoms with Gasteiger partial charge in [-0.3, -0.25) is 14.0 Å². The third-order valence-corrected chi connectivity index (χ3v) is 6.22. The summed E-state index contributed by atoms with van der Waals surface area (Å²) >= 11 is 0. The Morgan fingerprint density at radius 2 is 1.24 bits per heavy atom. The molecule has 0 heterocycles. The lowest BCUT2D eigenvalue weighted by Gasteiger charge is -2.26. The minimum Gasteiger partial charge on any atom is -0.464 e. The molecule has 0 aromatic heterocycles. The summed E-state index contributed by atoms with van der Waals surface area (Å²) in [4.78, 5) is 52.5. The van der Waals surface area contributed by atoms with Gasteiger partial charge in [0.25, 0.3) is 0 Å². The maximum Gasteiger partial charge on any atom is 0.408 e. The zero-order valence-corrected chi connectivity index (χ0v) is 25.0. The van der Waals surface area contributed by atoms with Gasteiger partial charge in [-0.25, -0.2) is 9.59 Å². The molecule has 0 radical (unpaired) electrons. The van der Waals surface area contributed by atoms with Gasteiger partial charge in [0, 0.05) is 12.8 Å². The smallest absolute Gasteiger partial charge is 0.408 e. The van der Waals surface area contributed by atoms with E-state index >= 15 is 0 Å². The van der Waals surface area contributed by atoms with Gasteiger partial charge in [-0.2, -0.15) is 0 Å². The molecule has 9 nitrogen and oxygen atoms in total. The monoisotopic (exact) mass is 585 g/mol. The van der Waals surface area contributed by atoms with Crippen LogP contribution in [0.1, 0.15) is 64.5 Å².